The van der Waals surface area contributed by atoms with Gasteiger partial charge in [0.1, 0.15) is 5.78 Å². The lowest BCUT2D eigenvalue weighted by Gasteiger charge is -2.36. The summed E-state index contributed by atoms with van der Waals surface area (Å²) in [5, 5.41) is 4.03. The number of carbonyl (C=O) groups is 2. The molecule has 2 aliphatic rings. The number of aryl methyl sites for hydroxylation is 1. The Morgan fingerprint density at radius 1 is 1.37 bits per heavy atom. The lowest BCUT2D eigenvalue weighted by molar-refractivity contribution is -0.125. The molecule has 1 aromatic rings. The number of Topliss-reactive ketones (excluding diaryl/α,β-unsaturated/α-hetero) is 2. The van der Waals surface area contributed by atoms with Gasteiger partial charge in [0.25, 0.3) is 0 Å². The third kappa shape index (κ3) is 2.24. The van der Waals surface area contributed by atoms with Crippen molar-refractivity contribution in [3.8, 4) is 0 Å². The Labute approximate surface area is 113 Å². The highest BCUT2D eigenvalue weighted by atomic mass is 16.2. The monoisotopic (exact) mass is 260 g/mol. The lowest BCUT2D eigenvalue weighted by atomic mass is 9.66. The summed E-state index contributed by atoms with van der Waals surface area (Å²) in [7, 11) is 1.79. The van der Waals surface area contributed by atoms with Crippen molar-refractivity contribution in [1.82, 2.24) is 9.78 Å². The minimum absolute atomic E-state index is 0.0240. The molecule has 3 rings (SSSR count). The zero-order valence-corrected chi connectivity index (χ0v) is 11.4. The van der Waals surface area contributed by atoms with E-state index in [1.54, 1.807) is 24.1 Å². The second-order valence-corrected chi connectivity index (χ2v) is 6.20. The largest absolute Gasteiger partial charge is 0.299 e. The Balaban J connectivity index is 1.81. The third-order valence-corrected chi connectivity index (χ3v) is 4.90. The first-order valence-electron chi connectivity index (χ1n) is 7.15. The molecule has 19 heavy (non-hydrogen) atoms. The average Bonchev–Trinajstić information content (AvgIpc) is 3.02. The van der Waals surface area contributed by atoms with Crippen LogP contribution in [0.4, 0.5) is 0 Å². The molecule has 0 saturated heterocycles. The van der Waals surface area contributed by atoms with Gasteiger partial charge in [-0.3, -0.25) is 14.3 Å². The van der Waals surface area contributed by atoms with Gasteiger partial charge in [-0.15, -0.1) is 0 Å². The van der Waals surface area contributed by atoms with Crippen LogP contribution in [-0.2, 0) is 11.8 Å². The Bertz CT molecular complexity index is 512. The van der Waals surface area contributed by atoms with E-state index in [9.17, 15) is 9.59 Å². The van der Waals surface area contributed by atoms with E-state index in [0.29, 0.717) is 12.0 Å². The van der Waals surface area contributed by atoms with Crippen LogP contribution in [0.2, 0.25) is 0 Å². The summed E-state index contributed by atoms with van der Waals surface area (Å²) in [5.41, 5.74) is 0.854. The zero-order chi connectivity index (χ0) is 13.5. The molecule has 0 amide bonds. The topological polar surface area (TPSA) is 52.0 Å². The van der Waals surface area contributed by atoms with Crippen LogP contribution in [0.3, 0.4) is 0 Å². The molecule has 0 bridgehead atoms. The smallest absolute Gasteiger partial charge is 0.176 e. The first-order valence-corrected chi connectivity index (χ1v) is 7.15. The molecule has 2 aliphatic carbocycles. The van der Waals surface area contributed by atoms with E-state index in [4.69, 9.17) is 0 Å². The van der Waals surface area contributed by atoms with Gasteiger partial charge in [0.15, 0.2) is 5.78 Å². The van der Waals surface area contributed by atoms with Crippen LogP contribution < -0.4 is 0 Å². The fourth-order valence-electron chi connectivity index (χ4n) is 3.78. The van der Waals surface area contributed by atoms with E-state index < -0.39 is 5.92 Å². The summed E-state index contributed by atoms with van der Waals surface area (Å²) in [5.74, 6) is -0.313. The summed E-state index contributed by atoms with van der Waals surface area (Å²) in [6.45, 7) is 0. The van der Waals surface area contributed by atoms with E-state index in [2.05, 4.69) is 5.10 Å². The quantitative estimate of drug-likeness (QED) is 0.606. The first kappa shape index (κ1) is 12.6. The van der Waals surface area contributed by atoms with Gasteiger partial charge in [0.05, 0.1) is 17.7 Å². The molecule has 1 heterocycles. The second-order valence-electron chi connectivity index (χ2n) is 6.20. The molecule has 2 saturated carbocycles. The van der Waals surface area contributed by atoms with Crippen LogP contribution in [-0.4, -0.2) is 21.3 Å². The molecule has 1 spiro atoms. The highest BCUT2D eigenvalue weighted by Gasteiger charge is 2.44. The lowest BCUT2D eigenvalue weighted by Crippen LogP contribution is -2.36. The SMILES string of the molecule is Cn1cc(C(=O)C2CC3(CCCC3)CCC2=O)cn1. The maximum Gasteiger partial charge on any atom is 0.176 e. The van der Waals surface area contributed by atoms with E-state index in [1.165, 1.54) is 25.7 Å². The Hall–Kier alpha value is -1.45. The number of rotatable bonds is 2. The molecule has 4 nitrogen and oxygen atoms in total. The highest BCUT2D eigenvalue weighted by Crippen LogP contribution is 2.50. The number of hydrogen-bond acceptors (Lipinski definition) is 3. The van der Waals surface area contributed by atoms with Crippen molar-refractivity contribution in [2.75, 3.05) is 0 Å². The van der Waals surface area contributed by atoms with E-state index in [-0.39, 0.29) is 17.0 Å². The van der Waals surface area contributed by atoms with Crippen LogP contribution in [0.15, 0.2) is 12.4 Å². The van der Waals surface area contributed by atoms with Gasteiger partial charge in [0, 0.05) is 19.7 Å². The predicted octanol–water partition coefficient (Wildman–Crippen LogP) is 2.53. The minimum Gasteiger partial charge on any atom is -0.299 e. The Morgan fingerprint density at radius 2 is 2.11 bits per heavy atom. The fraction of sp³-hybridized carbons (Fsp3) is 0.667. The fourth-order valence-corrected chi connectivity index (χ4v) is 3.78. The molecule has 2 fully saturated rings. The van der Waals surface area contributed by atoms with E-state index >= 15 is 0 Å². The van der Waals surface area contributed by atoms with Gasteiger partial charge >= 0.3 is 0 Å². The van der Waals surface area contributed by atoms with Gasteiger partial charge in [0.2, 0.25) is 0 Å². The summed E-state index contributed by atoms with van der Waals surface area (Å²) < 4.78 is 1.62. The number of nitrogens with zero attached hydrogens (tertiary/aromatic N) is 2. The summed E-state index contributed by atoms with van der Waals surface area (Å²) in [6, 6.07) is 0. The van der Waals surface area contributed by atoms with E-state index in [0.717, 1.165) is 12.8 Å². The van der Waals surface area contributed by atoms with Crippen molar-refractivity contribution in [3.63, 3.8) is 0 Å². The van der Waals surface area contributed by atoms with Gasteiger partial charge in [-0.05, 0) is 31.1 Å². The van der Waals surface area contributed by atoms with Crippen LogP contribution in [0, 0.1) is 11.3 Å². The molecule has 0 aliphatic heterocycles. The summed E-state index contributed by atoms with van der Waals surface area (Å²) in [6.07, 6.45) is 10.5. The van der Waals surface area contributed by atoms with Crippen molar-refractivity contribution >= 4 is 11.6 Å². The molecular weight excluding hydrogens is 240 g/mol. The third-order valence-electron chi connectivity index (χ3n) is 4.90. The van der Waals surface area contributed by atoms with Crippen LogP contribution in [0.25, 0.3) is 0 Å². The summed E-state index contributed by atoms with van der Waals surface area (Å²) in [4.78, 5) is 24.6. The molecule has 1 aromatic heterocycles. The van der Waals surface area contributed by atoms with Gasteiger partial charge < -0.3 is 0 Å². The molecule has 1 unspecified atom stereocenters. The van der Waals surface area contributed by atoms with Crippen LogP contribution in [0.1, 0.15) is 55.3 Å². The van der Waals surface area contributed by atoms with Crippen LogP contribution >= 0.6 is 0 Å². The van der Waals surface area contributed by atoms with Crippen molar-refractivity contribution in [2.24, 2.45) is 18.4 Å². The molecule has 0 N–H and O–H groups in total. The molecule has 0 aromatic carbocycles. The molecule has 0 radical (unpaired) electrons. The maximum absolute atomic E-state index is 12.5. The first-order chi connectivity index (χ1) is 9.10. The number of ketones is 2. The predicted molar refractivity (Wildman–Crippen MR) is 70.8 cm³/mol. The van der Waals surface area contributed by atoms with Gasteiger partial charge in [-0.2, -0.15) is 5.10 Å². The number of carbonyl (C=O) groups excluding carboxylic acids is 2. The van der Waals surface area contributed by atoms with Crippen molar-refractivity contribution < 1.29 is 9.59 Å². The second kappa shape index (κ2) is 4.58. The normalized spacial score (nSPS) is 25.9. The molecule has 4 heteroatoms. The minimum atomic E-state index is -0.420. The van der Waals surface area contributed by atoms with E-state index in [1.807, 2.05) is 0 Å². The zero-order valence-electron chi connectivity index (χ0n) is 11.4. The maximum atomic E-state index is 12.5. The Kier molecular flexibility index (Phi) is 3.03. The molecule has 102 valence electrons. The molecule has 1 atom stereocenters. The van der Waals surface area contributed by atoms with Crippen molar-refractivity contribution in [3.05, 3.63) is 18.0 Å². The van der Waals surface area contributed by atoms with Crippen molar-refractivity contribution in [1.29, 1.82) is 0 Å². The standard InChI is InChI=1S/C15H20N2O2/c1-17-10-11(9-16-17)14(19)12-8-15(5-2-3-6-15)7-4-13(12)18/h9-10,12H,2-8H2,1H3. The average molecular weight is 260 g/mol. The summed E-state index contributed by atoms with van der Waals surface area (Å²) >= 11 is 0. The Morgan fingerprint density at radius 3 is 2.74 bits per heavy atom. The highest BCUT2D eigenvalue weighted by molar-refractivity contribution is 6.10. The van der Waals surface area contributed by atoms with Gasteiger partial charge in [-0.1, -0.05) is 12.8 Å². The number of aromatic nitrogens is 2. The number of hydrogen-bond donors (Lipinski definition) is 0. The van der Waals surface area contributed by atoms with Gasteiger partial charge in [-0.25, -0.2) is 0 Å². The molecular formula is C15H20N2O2. The van der Waals surface area contributed by atoms with Crippen molar-refractivity contribution in [2.45, 2.75) is 44.9 Å². The van der Waals surface area contributed by atoms with Crippen LogP contribution in [0.5, 0.6) is 0 Å².